The van der Waals surface area contributed by atoms with Crippen molar-refractivity contribution < 1.29 is 19.1 Å². The Labute approximate surface area is 103 Å². The largest absolute Gasteiger partial charge is 0.465 e. The van der Waals surface area contributed by atoms with E-state index in [4.69, 9.17) is 9.47 Å². The molecule has 4 nitrogen and oxygen atoms in total. The van der Waals surface area contributed by atoms with Gasteiger partial charge >= 0.3 is 11.9 Å². The Morgan fingerprint density at radius 1 is 1.18 bits per heavy atom. The highest BCUT2D eigenvalue weighted by Gasteiger charge is 2.42. The second kappa shape index (κ2) is 7.09. The highest BCUT2D eigenvalue weighted by molar-refractivity contribution is 5.95. The van der Waals surface area contributed by atoms with Crippen LogP contribution in [0.15, 0.2) is 12.7 Å². The Kier molecular flexibility index (Phi) is 6.54. The summed E-state index contributed by atoms with van der Waals surface area (Å²) >= 11 is 0. The highest BCUT2D eigenvalue weighted by Crippen LogP contribution is 2.33. The second-order valence-corrected chi connectivity index (χ2v) is 4.42. The van der Waals surface area contributed by atoms with Crippen LogP contribution in [0, 0.1) is 11.3 Å². The molecule has 0 aromatic carbocycles. The summed E-state index contributed by atoms with van der Waals surface area (Å²) in [5.41, 5.74) is -0.555. The van der Waals surface area contributed by atoms with Crippen LogP contribution < -0.4 is 0 Å². The lowest BCUT2D eigenvalue weighted by atomic mass is 9.76. The van der Waals surface area contributed by atoms with E-state index < -0.39 is 23.3 Å². The number of esters is 2. The summed E-state index contributed by atoms with van der Waals surface area (Å²) in [5.74, 6) is -1.96. The Hall–Kier alpha value is -1.32. The van der Waals surface area contributed by atoms with E-state index in [2.05, 4.69) is 6.58 Å². The van der Waals surface area contributed by atoms with Crippen molar-refractivity contribution >= 4 is 11.9 Å². The zero-order chi connectivity index (χ0) is 13.5. The predicted octanol–water partition coefficient (Wildman–Crippen LogP) is 2.33. The van der Waals surface area contributed by atoms with Crippen LogP contribution in [0.1, 0.15) is 34.1 Å². The summed E-state index contributed by atoms with van der Waals surface area (Å²) in [6, 6.07) is 0. The minimum absolute atomic E-state index is 0.249. The number of rotatable bonds is 7. The van der Waals surface area contributed by atoms with Gasteiger partial charge in [-0.15, -0.1) is 6.58 Å². The van der Waals surface area contributed by atoms with Crippen molar-refractivity contribution in [3.05, 3.63) is 12.7 Å². The lowest BCUT2D eigenvalue weighted by Gasteiger charge is -2.29. The zero-order valence-electron chi connectivity index (χ0n) is 11.1. The maximum atomic E-state index is 11.8. The smallest absolute Gasteiger partial charge is 0.320 e. The molecule has 0 saturated heterocycles. The second-order valence-electron chi connectivity index (χ2n) is 4.42. The molecule has 0 aromatic rings. The third-order valence-electron chi connectivity index (χ3n) is 2.50. The Morgan fingerprint density at radius 3 is 1.88 bits per heavy atom. The fourth-order valence-corrected chi connectivity index (χ4v) is 1.68. The van der Waals surface area contributed by atoms with Gasteiger partial charge in [-0.2, -0.15) is 0 Å². The minimum Gasteiger partial charge on any atom is -0.465 e. The number of carbonyl (C=O) groups excluding carboxylic acids is 2. The summed E-state index contributed by atoms with van der Waals surface area (Å²) in [6.07, 6.45) is 2.22. The fourth-order valence-electron chi connectivity index (χ4n) is 1.68. The molecular formula is C13H22O4. The average molecular weight is 242 g/mol. The van der Waals surface area contributed by atoms with Gasteiger partial charge < -0.3 is 9.47 Å². The molecule has 0 bridgehead atoms. The molecule has 0 aliphatic rings. The molecular weight excluding hydrogens is 220 g/mol. The molecule has 4 heteroatoms. The fraction of sp³-hybridized carbons (Fsp3) is 0.692. The molecule has 0 atom stereocenters. The maximum Gasteiger partial charge on any atom is 0.320 e. The molecule has 0 unspecified atom stereocenters. The highest BCUT2D eigenvalue weighted by atomic mass is 16.6. The zero-order valence-corrected chi connectivity index (χ0v) is 11.1. The van der Waals surface area contributed by atoms with Gasteiger partial charge in [0.15, 0.2) is 5.92 Å². The summed E-state index contributed by atoms with van der Waals surface area (Å²) < 4.78 is 9.86. The number of hydrogen-bond donors (Lipinski definition) is 0. The maximum absolute atomic E-state index is 11.8. The third-order valence-corrected chi connectivity index (χ3v) is 2.50. The number of allylic oxidation sites excluding steroid dienone is 1. The third kappa shape index (κ3) is 4.59. The van der Waals surface area contributed by atoms with Gasteiger partial charge in [-0.05, 0) is 25.7 Å². The van der Waals surface area contributed by atoms with Crippen molar-refractivity contribution in [2.75, 3.05) is 13.2 Å². The van der Waals surface area contributed by atoms with Gasteiger partial charge in [0.05, 0.1) is 13.2 Å². The van der Waals surface area contributed by atoms with E-state index in [1.54, 1.807) is 19.9 Å². The number of ether oxygens (including phenoxy) is 2. The van der Waals surface area contributed by atoms with Crippen molar-refractivity contribution in [2.24, 2.45) is 11.3 Å². The van der Waals surface area contributed by atoms with Gasteiger partial charge in [-0.25, -0.2) is 0 Å². The Bertz CT molecular complexity index is 263. The lowest BCUT2D eigenvalue weighted by Crippen LogP contribution is -2.39. The Morgan fingerprint density at radius 2 is 1.59 bits per heavy atom. The molecule has 0 fully saturated rings. The van der Waals surface area contributed by atoms with Crippen LogP contribution in [0.2, 0.25) is 0 Å². The molecule has 0 aliphatic heterocycles. The van der Waals surface area contributed by atoms with Gasteiger partial charge in [0, 0.05) is 0 Å². The monoisotopic (exact) mass is 242 g/mol. The van der Waals surface area contributed by atoms with Gasteiger partial charge in [0.2, 0.25) is 0 Å². The van der Waals surface area contributed by atoms with E-state index >= 15 is 0 Å². The van der Waals surface area contributed by atoms with Crippen molar-refractivity contribution in [3.63, 3.8) is 0 Å². The molecule has 0 radical (unpaired) electrons. The van der Waals surface area contributed by atoms with E-state index in [1.165, 1.54) is 0 Å². The number of carbonyl (C=O) groups is 2. The van der Waals surface area contributed by atoms with E-state index in [-0.39, 0.29) is 13.2 Å². The molecule has 0 spiro atoms. The Balaban J connectivity index is 5.02. The van der Waals surface area contributed by atoms with Crippen molar-refractivity contribution in [1.29, 1.82) is 0 Å². The summed E-state index contributed by atoms with van der Waals surface area (Å²) in [4.78, 5) is 23.6. The van der Waals surface area contributed by atoms with Crippen LogP contribution in [0.5, 0.6) is 0 Å². The van der Waals surface area contributed by atoms with Crippen molar-refractivity contribution in [1.82, 2.24) is 0 Å². The molecule has 0 N–H and O–H groups in total. The predicted molar refractivity (Wildman–Crippen MR) is 65.4 cm³/mol. The summed E-state index contributed by atoms with van der Waals surface area (Å²) in [6.45, 7) is 11.2. The van der Waals surface area contributed by atoms with E-state index in [0.29, 0.717) is 6.42 Å². The van der Waals surface area contributed by atoms with Gasteiger partial charge in [-0.3, -0.25) is 9.59 Å². The molecule has 98 valence electrons. The van der Waals surface area contributed by atoms with Crippen LogP contribution in [0.3, 0.4) is 0 Å². The molecule has 0 aliphatic carbocycles. The quantitative estimate of drug-likeness (QED) is 0.390. The molecule has 0 saturated carbocycles. The first-order chi connectivity index (χ1) is 7.90. The van der Waals surface area contributed by atoms with Crippen molar-refractivity contribution in [3.8, 4) is 0 Å². The van der Waals surface area contributed by atoms with E-state index in [1.807, 2.05) is 13.8 Å². The molecule has 17 heavy (non-hydrogen) atoms. The van der Waals surface area contributed by atoms with Gasteiger partial charge in [0.1, 0.15) is 0 Å². The van der Waals surface area contributed by atoms with Crippen LogP contribution in [0.4, 0.5) is 0 Å². The van der Waals surface area contributed by atoms with Crippen LogP contribution >= 0.6 is 0 Å². The molecule has 0 amide bonds. The molecule has 0 rings (SSSR count). The normalized spacial score (nSPS) is 11.1. The summed E-state index contributed by atoms with van der Waals surface area (Å²) in [7, 11) is 0. The first kappa shape index (κ1) is 15.7. The van der Waals surface area contributed by atoms with Gasteiger partial charge in [0.25, 0.3) is 0 Å². The first-order valence-electron chi connectivity index (χ1n) is 5.84. The molecule has 0 heterocycles. The van der Waals surface area contributed by atoms with E-state index in [0.717, 1.165) is 0 Å². The SMILES string of the molecule is C=CCC(C)(C)C(C(=O)OCC)C(=O)OCC. The van der Waals surface area contributed by atoms with Gasteiger partial charge in [-0.1, -0.05) is 19.9 Å². The van der Waals surface area contributed by atoms with Crippen molar-refractivity contribution in [2.45, 2.75) is 34.1 Å². The minimum atomic E-state index is -0.902. The van der Waals surface area contributed by atoms with E-state index in [9.17, 15) is 9.59 Å². The van der Waals surface area contributed by atoms with Crippen LogP contribution in [-0.2, 0) is 19.1 Å². The number of hydrogen-bond acceptors (Lipinski definition) is 4. The average Bonchev–Trinajstić information content (AvgIpc) is 2.17. The van der Waals surface area contributed by atoms with Crippen LogP contribution in [-0.4, -0.2) is 25.2 Å². The molecule has 0 aromatic heterocycles. The standard InChI is InChI=1S/C13H22O4/c1-6-9-13(4,5)10(11(14)16-7-2)12(15)17-8-3/h6,10H,1,7-9H2,2-5H3. The topological polar surface area (TPSA) is 52.6 Å². The first-order valence-corrected chi connectivity index (χ1v) is 5.84. The lowest BCUT2D eigenvalue weighted by molar-refractivity contribution is -0.167. The van der Waals surface area contributed by atoms with Crippen LogP contribution in [0.25, 0.3) is 0 Å². The summed E-state index contributed by atoms with van der Waals surface area (Å²) in [5, 5.41) is 0.